The molecule has 0 radical (unpaired) electrons. The van der Waals surface area contributed by atoms with Gasteiger partial charge in [-0.05, 0) is 86.7 Å². The highest BCUT2D eigenvalue weighted by molar-refractivity contribution is 6.33. The van der Waals surface area contributed by atoms with Crippen LogP contribution in [0, 0.1) is 5.92 Å². The first-order valence-corrected chi connectivity index (χ1v) is 15.1. The predicted octanol–water partition coefficient (Wildman–Crippen LogP) is 6.25. The Bertz CT molecular complexity index is 1380. The van der Waals surface area contributed by atoms with Gasteiger partial charge in [-0.1, -0.05) is 67.1 Å². The molecule has 1 aliphatic rings. The fraction of sp³-hybridized carbons (Fsp3) is 0.412. The maximum absolute atomic E-state index is 13.6. The molecule has 0 aromatic heterocycles. The van der Waals surface area contributed by atoms with Gasteiger partial charge in [0, 0.05) is 41.7 Å². The zero-order chi connectivity index (χ0) is 30.3. The fourth-order valence-corrected chi connectivity index (χ4v) is 6.33. The third kappa shape index (κ3) is 7.51. The second kappa shape index (κ2) is 14.2. The van der Waals surface area contributed by atoms with Gasteiger partial charge in [-0.2, -0.15) is 0 Å². The van der Waals surface area contributed by atoms with Gasteiger partial charge in [0.2, 0.25) is 0 Å². The van der Waals surface area contributed by atoms with Gasteiger partial charge < -0.3 is 25.4 Å². The molecule has 7 nitrogen and oxygen atoms in total. The Kier molecular flexibility index (Phi) is 10.7. The summed E-state index contributed by atoms with van der Waals surface area (Å²) in [5, 5.41) is 13.2. The summed E-state index contributed by atoms with van der Waals surface area (Å²) >= 11 is 6.85. The van der Waals surface area contributed by atoms with Crippen LogP contribution in [-0.4, -0.2) is 60.7 Å². The second-order valence-electron chi connectivity index (χ2n) is 11.4. The molecule has 3 aromatic carbocycles. The van der Waals surface area contributed by atoms with Crippen LogP contribution in [0.1, 0.15) is 59.7 Å². The molecule has 4 rings (SSSR count). The minimum absolute atomic E-state index is 0.0440. The van der Waals surface area contributed by atoms with E-state index in [1.807, 2.05) is 73.6 Å². The standard InChI is InChI=1S/C34H42ClN3O4/c1-4-24-9-5-10-27(21-24)31-29(12-6-13-30(31)35)34(41,18-8-20-42-33(36)40)28-11-7-19-38(23-28)32(39)26-16-14-25(15-17-26)22-37(2)3/h5-6,9-10,12-17,21,28,41H,4,7-8,11,18-20,22-23H2,1-3H3,(H2,36,40)/t28-,34+/m1/s1. The predicted molar refractivity (Wildman–Crippen MR) is 167 cm³/mol. The Labute approximate surface area is 254 Å². The first kappa shape index (κ1) is 31.5. The molecule has 1 saturated heterocycles. The lowest BCUT2D eigenvalue weighted by Crippen LogP contribution is -2.48. The minimum atomic E-state index is -1.34. The first-order chi connectivity index (χ1) is 20.1. The highest BCUT2D eigenvalue weighted by Gasteiger charge is 2.43. The van der Waals surface area contributed by atoms with Crippen molar-refractivity contribution in [3.63, 3.8) is 0 Å². The average molecular weight is 592 g/mol. The van der Waals surface area contributed by atoms with Crippen LogP contribution >= 0.6 is 11.6 Å². The summed E-state index contributed by atoms with van der Waals surface area (Å²) in [5.74, 6) is -0.305. The Morgan fingerprint density at radius 3 is 2.52 bits per heavy atom. The van der Waals surface area contributed by atoms with Gasteiger partial charge in [-0.15, -0.1) is 0 Å². The lowest BCUT2D eigenvalue weighted by Gasteiger charge is -2.43. The molecule has 0 spiro atoms. The van der Waals surface area contributed by atoms with Crippen molar-refractivity contribution in [2.75, 3.05) is 33.8 Å². The van der Waals surface area contributed by atoms with E-state index in [0.29, 0.717) is 36.5 Å². The Hall–Kier alpha value is -3.39. The summed E-state index contributed by atoms with van der Waals surface area (Å²) in [4.78, 5) is 28.8. The van der Waals surface area contributed by atoms with Crippen LogP contribution in [0.15, 0.2) is 66.7 Å². The van der Waals surface area contributed by atoms with Crippen molar-refractivity contribution in [3.05, 3.63) is 94.0 Å². The van der Waals surface area contributed by atoms with Crippen LogP contribution in [0.2, 0.25) is 5.02 Å². The van der Waals surface area contributed by atoms with Crippen molar-refractivity contribution in [1.82, 2.24) is 9.80 Å². The van der Waals surface area contributed by atoms with Gasteiger partial charge in [-0.25, -0.2) is 4.79 Å². The molecule has 3 N–H and O–H groups in total. The molecule has 0 aliphatic carbocycles. The highest BCUT2D eigenvalue weighted by Crippen LogP contribution is 2.45. The number of aryl methyl sites for hydroxylation is 1. The van der Waals surface area contributed by atoms with Crippen molar-refractivity contribution in [2.45, 2.75) is 51.2 Å². The van der Waals surface area contributed by atoms with Crippen LogP contribution in [0.4, 0.5) is 4.79 Å². The van der Waals surface area contributed by atoms with E-state index in [0.717, 1.165) is 48.1 Å². The zero-order valence-electron chi connectivity index (χ0n) is 24.8. The molecule has 224 valence electrons. The molecule has 0 bridgehead atoms. The SMILES string of the molecule is CCc1cccc(-c2c(Cl)cccc2[C@](O)(CCCOC(N)=O)[C@@H]2CCCN(C(=O)c3ccc(CN(C)C)cc3)C2)c1. The normalized spacial score (nSPS) is 16.7. The van der Waals surface area contributed by atoms with E-state index in [-0.39, 0.29) is 18.4 Å². The van der Waals surface area contributed by atoms with E-state index in [2.05, 4.69) is 24.0 Å². The molecular weight excluding hydrogens is 550 g/mol. The molecule has 0 saturated carbocycles. The van der Waals surface area contributed by atoms with E-state index < -0.39 is 11.7 Å². The number of hydrogen-bond acceptors (Lipinski definition) is 5. The first-order valence-electron chi connectivity index (χ1n) is 14.7. The van der Waals surface area contributed by atoms with Crippen LogP contribution in [0.25, 0.3) is 11.1 Å². The number of carbonyl (C=O) groups excluding carboxylic acids is 2. The number of ether oxygens (including phenoxy) is 1. The summed E-state index contributed by atoms with van der Waals surface area (Å²) in [5.41, 5.74) is 9.24. The van der Waals surface area contributed by atoms with Crippen LogP contribution in [0.5, 0.6) is 0 Å². The second-order valence-corrected chi connectivity index (χ2v) is 11.8. The molecule has 2 atom stereocenters. The molecule has 42 heavy (non-hydrogen) atoms. The summed E-state index contributed by atoms with van der Waals surface area (Å²) in [7, 11) is 4.03. The van der Waals surface area contributed by atoms with Crippen molar-refractivity contribution < 1.29 is 19.4 Å². The number of halogens is 1. The number of hydrogen-bond donors (Lipinski definition) is 2. The lowest BCUT2D eigenvalue weighted by atomic mass is 9.72. The number of nitrogens with two attached hydrogens (primary N) is 1. The third-order valence-electron chi connectivity index (χ3n) is 8.13. The van der Waals surface area contributed by atoms with E-state index in [1.54, 1.807) is 0 Å². The quantitative estimate of drug-likeness (QED) is 0.257. The number of benzene rings is 3. The van der Waals surface area contributed by atoms with Crippen molar-refractivity contribution in [3.8, 4) is 11.1 Å². The average Bonchev–Trinajstić information content (AvgIpc) is 2.99. The Morgan fingerprint density at radius 2 is 1.83 bits per heavy atom. The summed E-state index contributed by atoms with van der Waals surface area (Å²) < 4.78 is 5.01. The van der Waals surface area contributed by atoms with Gasteiger partial charge in [0.1, 0.15) is 0 Å². The molecule has 2 amide bonds. The molecule has 1 fully saturated rings. The molecular formula is C34H42ClN3O4. The fourth-order valence-electron chi connectivity index (χ4n) is 6.05. The monoisotopic (exact) mass is 591 g/mol. The van der Waals surface area contributed by atoms with Gasteiger partial charge in [0.25, 0.3) is 5.91 Å². The highest BCUT2D eigenvalue weighted by atomic mass is 35.5. The van der Waals surface area contributed by atoms with E-state index in [1.165, 1.54) is 5.56 Å². The largest absolute Gasteiger partial charge is 0.450 e. The van der Waals surface area contributed by atoms with Crippen LogP contribution in [0.3, 0.4) is 0 Å². The lowest BCUT2D eigenvalue weighted by molar-refractivity contribution is -0.0588. The number of likely N-dealkylation sites (tertiary alicyclic amines) is 1. The van der Waals surface area contributed by atoms with Gasteiger partial charge in [0.05, 0.1) is 12.2 Å². The number of amides is 2. The molecule has 3 aromatic rings. The number of rotatable bonds is 11. The summed E-state index contributed by atoms with van der Waals surface area (Å²) in [6.45, 7) is 4.01. The molecule has 1 heterocycles. The zero-order valence-corrected chi connectivity index (χ0v) is 25.6. The van der Waals surface area contributed by atoms with E-state index in [4.69, 9.17) is 22.1 Å². The smallest absolute Gasteiger partial charge is 0.404 e. The Balaban J connectivity index is 1.68. The number of piperidine rings is 1. The summed E-state index contributed by atoms with van der Waals surface area (Å²) in [6, 6.07) is 21.6. The Morgan fingerprint density at radius 1 is 1.10 bits per heavy atom. The number of nitrogens with zero attached hydrogens (tertiary/aromatic N) is 2. The van der Waals surface area contributed by atoms with E-state index >= 15 is 0 Å². The van der Waals surface area contributed by atoms with Crippen LogP contribution < -0.4 is 5.73 Å². The van der Waals surface area contributed by atoms with Gasteiger partial charge >= 0.3 is 6.09 Å². The number of carbonyl (C=O) groups is 2. The number of primary amides is 1. The van der Waals surface area contributed by atoms with Gasteiger partial charge in [0.15, 0.2) is 0 Å². The van der Waals surface area contributed by atoms with E-state index in [9.17, 15) is 14.7 Å². The summed E-state index contributed by atoms with van der Waals surface area (Å²) in [6.07, 6.45) is 2.24. The molecule has 1 aliphatic heterocycles. The maximum Gasteiger partial charge on any atom is 0.404 e. The van der Waals surface area contributed by atoms with Crippen LogP contribution in [-0.2, 0) is 23.3 Å². The number of aliphatic hydroxyl groups is 1. The molecule has 0 unspecified atom stereocenters. The minimum Gasteiger partial charge on any atom is -0.450 e. The molecule has 8 heteroatoms. The van der Waals surface area contributed by atoms with Crippen molar-refractivity contribution >= 4 is 23.6 Å². The topological polar surface area (TPSA) is 96.1 Å². The van der Waals surface area contributed by atoms with Crippen molar-refractivity contribution in [2.24, 2.45) is 11.7 Å². The maximum atomic E-state index is 13.6. The van der Waals surface area contributed by atoms with Gasteiger partial charge in [-0.3, -0.25) is 4.79 Å². The van der Waals surface area contributed by atoms with Crippen molar-refractivity contribution in [1.29, 1.82) is 0 Å². The third-order valence-corrected chi connectivity index (χ3v) is 8.45.